The van der Waals surface area contributed by atoms with E-state index < -0.39 is 10.0 Å². The highest BCUT2D eigenvalue weighted by molar-refractivity contribution is 7.88. The maximum Gasteiger partial charge on any atom is 0.216 e. The number of sulfonamides is 1. The maximum absolute atomic E-state index is 12.4. The summed E-state index contributed by atoms with van der Waals surface area (Å²) in [6, 6.07) is 7.18. The molecule has 1 fully saturated rings. The fraction of sp³-hybridized carbons (Fsp3) is 0.533. The Kier molecular flexibility index (Phi) is 5.35. The Bertz CT molecular complexity index is 614. The average Bonchev–Trinajstić information content (AvgIpc) is 2.37. The summed E-state index contributed by atoms with van der Waals surface area (Å²) in [7, 11) is -3.38. The largest absolute Gasteiger partial charge is 0.389 e. The van der Waals surface area contributed by atoms with Gasteiger partial charge in [0.1, 0.15) is 4.99 Å². The van der Waals surface area contributed by atoms with Crippen molar-refractivity contribution in [3.8, 4) is 0 Å². The number of nitrogens with two attached hydrogens (primary N) is 1. The summed E-state index contributed by atoms with van der Waals surface area (Å²) in [6.07, 6.45) is 4.09. The number of rotatable bonds is 5. The van der Waals surface area contributed by atoms with Gasteiger partial charge in [0.05, 0.1) is 5.75 Å². The van der Waals surface area contributed by atoms with E-state index in [-0.39, 0.29) is 16.8 Å². The molecule has 1 aliphatic carbocycles. The molecule has 2 atom stereocenters. The van der Waals surface area contributed by atoms with Gasteiger partial charge < -0.3 is 5.73 Å². The van der Waals surface area contributed by atoms with E-state index in [1.807, 2.05) is 0 Å². The second-order valence-electron chi connectivity index (χ2n) is 5.87. The van der Waals surface area contributed by atoms with Gasteiger partial charge in [-0.15, -0.1) is 0 Å². The van der Waals surface area contributed by atoms with Gasteiger partial charge in [-0.25, -0.2) is 13.1 Å². The van der Waals surface area contributed by atoms with Crippen LogP contribution in [0.5, 0.6) is 0 Å². The molecule has 0 heterocycles. The average molecular weight is 326 g/mol. The van der Waals surface area contributed by atoms with Crippen molar-refractivity contribution in [2.75, 3.05) is 0 Å². The van der Waals surface area contributed by atoms with Crippen molar-refractivity contribution in [2.24, 2.45) is 11.7 Å². The lowest BCUT2D eigenvalue weighted by Gasteiger charge is -2.27. The van der Waals surface area contributed by atoms with Crippen molar-refractivity contribution in [1.82, 2.24) is 4.72 Å². The van der Waals surface area contributed by atoms with E-state index in [1.165, 1.54) is 6.42 Å². The van der Waals surface area contributed by atoms with E-state index >= 15 is 0 Å². The van der Waals surface area contributed by atoms with Crippen LogP contribution in [0.1, 0.15) is 43.7 Å². The van der Waals surface area contributed by atoms with Crippen LogP contribution < -0.4 is 10.5 Å². The molecule has 1 aromatic rings. The minimum Gasteiger partial charge on any atom is -0.389 e. The van der Waals surface area contributed by atoms with Crippen molar-refractivity contribution in [3.05, 3.63) is 35.4 Å². The molecule has 1 saturated carbocycles. The third-order valence-electron chi connectivity index (χ3n) is 3.91. The summed E-state index contributed by atoms with van der Waals surface area (Å²) in [5, 5.41) is 0. The zero-order chi connectivity index (χ0) is 15.5. The molecular formula is C15H22N2O2S2. The van der Waals surface area contributed by atoms with Gasteiger partial charge in [-0.3, -0.25) is 0 Å². The van der Waals surface area contributed by atoms with Crippen molar-refractivity contribution >= 4 is 27.2 Å². The van der Waals surface area contributed by atoms with Crippen molar-refractivity contribution in [3.63, 3.8) is 0 Å². The van der Waals surface area contributed by atoms with Crippen molar-refractivity contribution < 1.29 is 8.42 Å². The van der Waals surface area contributed by atoms with E-state index in [1.54, 1.807) is 24.3 Å². The highest BCUT2D eigenvalue weighted by atomic mass is 32.2. The molecule has 21 heavy (non-hydrogen) atoms. The third-order valence-corrected chi connectivity index (χ3v) is 5.51. The molecule has 4 nitrogen and oxygen atoms in total. The van der Waals surface area contributed by atoms with Crippen LogP contribution in [-0.2, 0) is 15.8 Å². The van der Waals surface area contributed by atoms with E-state index in [4.69, 9.17) is 18.0 Å². The van der Waals surface area contributed by atoms with Crippen LogP contribution in [0.4, 0.5) is 0 Å². The normalized spacial score (nSPS) is 22.9. The number of thiocarbonyl (C=S) groups is 1. The molecule has 0 spiro atoms. The summed E-state index contributed by atoms with van der Waals surface area (Å²) in [5.74, 6) is 0.501. The molecule has 0 aromatic heterocycles. The van der Waals surface area contributed by atoms with Gasteiger partial charge in [0.25, 0.3) is 0 Å². The molecule has 6 heteroatoms. The summed E-state index contributed by atoms with van der Waals surface area (Å²) in [5.41, 5.74) is 6.94. The fourth-order valence-electron chi connectivity index (χ4n) is 2.93. The van der Waals surface area contributed by atoms with E-state index in [0.717, 1.165) is 19.3 Å². The molecular weight excluding hydrogens is 304 g/mol. The van der Waals surface area contributed by atoms with Crippen LogP contribution in [0, 0.1) is 5.92 Å². The predicted molar refractivity (Wildman–Crippen MR) is 89.5 cm³/mol. The fourth-order valence-corrected chi connectivity index (χ4v) is 4.59. The van der Waals surface area contributed by atoms with Crippen LogP contribution in [-0.4, -0.2) is 19.4 Å². The molecule has 2 unspecified atom stereocenters. The lowest BCUT2D eigenvalue weighted by molar-refractivity contribution is 0.327. The van der Waals surface area contributed by atoms with Crippen LogP contribution in [0.15, 0.2) is 24.3 Å². The van der Waals surface area contributed by atoms with Crippen molar-refractivity contribution in [1.29, 1.82) is 0 Å². The summed E-state index contributed by atoms with van der Waals surface area (Å²) in [6.45, 7) is 2.17. The van der Waals surface area contributed by atoms with Gasteiger partial charge in [0.2, 0.25) is 10.0 Å². The van der Waals surface area contributed by atoms with E-state index in [9.17, 15) is 8.42 Å². The van der Waals surface area contributed by atoms with Crippen LogP contribution in [0.25, 0.3) is 0 Å². The monoisotopic (exact) mass is 326 g/mol. The van der Waals surface area contributed by atoms with Gasteiger partial charge in [-0.1, -0.05) is 56.2 Å². The second kappa shape index (κ2) is 6.85. The Morgan fingerprint density at radius 2 is 2.10 bits per heavy atom. The van der Waals surface area contributed by atoms with Gasteiger partial charge in [-0.2, -0.15) is 0 Å². The quantitative estimate of drug-likeness (QED) is 0.815. The molecule has 3 N–H and O–H groups in total. The lowest BCUT2D eigenvalue weighted by Crippen LogP contribution is -2.38. The first-order chi connectivity index (χ1) is 9.87. The van der Waals surface area contributed by atoms with Gasteiger partial charge in [0.15, 0.2) is 0 Å². The smallest absolute Gasteiger partial charge is 0.216 e. The minimum atomic E-state index is -3.38. The highest BCUT2D eigenvalue weighted by Crippen LogP contribution is 2.24. The van der Waals surface area contributed by atoms with Gasteiger partial charge >= 0.3 is 0 Å². The first-order valence-electron chi connectivity index (χ1n) is 7.25. The number of benzene rings is 1. The molecule has 0 radical (unpaired) electrons. The molecule has 0 bridgehead atoms. The SMILES string of the molecule is CC1CCCC(NS(=O)(=O)Cc2ccccc2C(N)=S)C1. The number of hydrogen-bond acceptors (Lipinski definition) is 3. The summed E-state index contributed by atoms with van der Waals surface area (Å²) < 4.78 is 27.5. The zero-order valence-electron chi connectivity index (χ0n) is 12.2. The molecule has 2 rings (SSSR count). The number of hydrogen-bond donors (Lipinski definition) is 2. The highest BCUT2D eigenvalue weighted by Gasteiger charge is 2.24. The Hall–Kier alpha value is -0.980. The summed E-state index contributed by atoms with van der Waals surface area (Å²) in [4.78, 5) is 0.229. The molecule has 1 aromatic carbocycles. The summed E-state index contributed by atoms with van der Waals surface area (Å²) >= 11 is 4.98. The zero-order valence-corrected chi connectivity index (χ0v) is 13.8. The molecule has 116 valence electrons. The van der Waals surface area contributed by atoms with E-state index in [2.05, 4.69) is 11.6 Å². The van der Waals surface area contributed by atoms with Crippen LogP contribution in [0.2, 0.25) is 0 Å². The minimum absolute atomic E-state index is 0.0516. The Morgan fingerprint density at radius 1 is 1.38 bits per heavy atom. The third kappa shape index (κ3) is 4.76. The Morgan fingerprint density at radius 3 is 2.76 bits per heavy atom. The Balaban J connectivity index is 2.09. The Labute approximate surface area is 132 Å². The maximum atomic E-state index is 12.4. The van der Waals surface area contributed by atoms with Crippen molar-refractivity contribution in [2.45, 2.75) is 44.4 Å². The van der Waals surface area contributed by atoms with Crippen LogP contribution >= 0.6 is 12.2 Å². The first kappa shape index (κ1) is 16.4. The topological polar surface area (TPSA) is 72.2 Å². The van der Waals surface area contributed by atoms with Crippen LogP contribution in [0.3, 0.4) is 0 Å². The van der Waals surface area contributed by atoms with Gasteiger partial charge in [0, 0.05) is 11.6 Å². The molecule has 0 aliphatic heterocycles. The second-order valence-corrected chi connectivity index (χ2v) is 8.06. The predicted octanol–water partition coefficient (Wildman–Crippen LogP) is 2.32. The van der Waals surface area contributed by atoms with E-state index in [0.29, 0.717) is 17.0 Å². The number of nitrogens with one attached hydrogen (secondary N) is 1. The standard InChI is InChI=1S/C15H22N2O2S2/c1-11-5-4-7-13(9-11)17-21(18,19)10-12-6-2-3-8-14(12)15(16)20/h2-3,6,8,11,13,17H,4-5,7,9-10H2,1H3,(H2,16,20). The lowest BCUT2D eigenvalue weighted by atomic mass is 9.88. The first-order valence-corrected chi connectivity index (χ1v) is 9.31. The molecule has 1 aliphatic rings. The van der Waals surface area contributed by atoms with Gasteiger partial charge in [-0.05, 0) is 24.3 Å². The molecule has 0 saturated heterocycles. The molecule has 0 amide bonds.